The first-order valence-corrected chi connectivity index (χ1v) is 9.03. The van der Waals surface area contributed by atoms with E-state index in [9.17, 15) is 4.79 Å². The maximum atomic E-state index is 12.8. The van der Waals surface area contributed by atoms with Gasteiger partial charge < -0.3 is 9.32 Å². The van der Waals surface area contributed by atoms with Crippen molar-refractivity contribution in [1.29, 1.82) is 0 Å². The molecule has 0 atom stereocenters. The minimum absolute atomic E-state index is 0.0220. The second-order valence-electron chi connectivity index (χ2n) is 7.03. The summed E-state index contributed by atoms with van der Waals surface area (Å²) < 4.78 is 5.85. The molecule has 3 nitrogen and oxygen atoms in total. The van der Waals surface area contributed by atoms with Gasteiger partial charge >= 0.3 is 0 Å². The van der Waals surface area contributed by atoms with Gasteiger partial charge in [0.05, 0.1) is 0 Å². The molecule has 4 rings (SSSR count). The number of fused-ring (bicyclic) bond motifs is 1. The highest BCUT2D eigenvalue weighted by Gasteiger charge is 2.26. The van der Waals surface area contributed by atoms with Crippen molar-refractivity contribution in [3.63, 3.8) is 0 Å². The lowest BCUT2D eigenvalue weighted by molar-refractivity contribution is 0.0661. The molecule has 2 aromatic carbocycles. The molecule has 1 saturated heterocycles. The molecule has 0 unspecified atom stereocenters. The summed E-state index contributed by atoms with van der Waals surface area (Å²) in [6.45, 7) is 3.63. The number of likely N-dealkylation sites (tertiary alicyclic amines) is 1. The summed E-state index contributed by atoms with van der Waals surface area (Å²) in [6, 6.07) is 18.5. The summed E-state index contributed by atoms with van der Waals surface area (Å²) in [5.41, 5.74) is 3.28. The second-order valence-corrected chi connectivity index (χ2v) is 7.03. The Morgan fingerprint density at radius 2 is 1.84 bits per heavy atom. The zero-order valence-electron chi connectivity index (χ0n) is 14.6. The van der Waals surface area contributed by atoms with Gasteiger partial charge in [0.25, 0.3) is 5.91 Å². The number of furan rings is 1. The fraction of sp³-hybridized carbons (Fsp3) is 0.318. The molecule has 0 spiro atoms. The highest BCUT2D eigenvalue weighted by Crippen LogP contribution is 2.26. The lowest BCUT2D eigenvalue weighted by Gasteiger charge is -2.31. The summed E-state index contributed by atoms with van der Waals surface area (Å²) >= 11 is 0. The lowest BCUT2D eigenvalue weighted by Crippen LogP contribution is -2.38. The van der Waals surface area contributed by atoms with Crippen LogP contribution in [0.5, 0.6) is 0 Å². The van der Waals surface area contributed by atoms with Crippen LogP contribution in [-0.2, 0) is 6.42 Å². The third-order valence-electron chi connectivity index (χ3n) is 5.22. The van der Waals surface area contributed by atoms with Crippen molar-refractivity contribution in [3.8, 4) is 0 Å². The predicted molar refractivity (Wildman–Crippen MR) is 99.7 cm³/mol. The quantitative estimate of drug-likeness (QED) is 0.687. The van der Waals surface area contributed by atoms with Crippen molar-refractivity contribution in [2.45, 2.75) is 26.2 Å². The van der Waals surface area contributed by atoms with Crippen LogP contribution in [0, 0.1) is 12.8 Å². The number of piperidine rings is 1. The average Bonchev–Trinajstić information content (AvgIpc) is 3.08. The molecule has 0 bridgehead atoms. The molecule has 0 aliphatic carbocycles. The third kappa shape index (κ3) is 3.32. The summed E-state index contributed by atoms with van der Waals surface area (Å²) in [5, 5.41) is 1.00. The van der Waals surface area contributed by atoms with Gasteiger partial charge in [-0.1, -0.05) is 48.5 Å². The van der Waals surface area contributed by atoms with Gasteiger partial charge in [0.15, 0.2) is 5.76 Å². The lowest BCUT2D eigenvalue weighted by atomic mass is 9.90. The molecule has 3 heteroatoms. The van der Waals surface area contributed by atoms with E-state index in [1.165, 1.54) is 5.56 Å². The molecule has 0 N–H and O–H groups in total. The van der Waals surface area contributed by atoms with Crippen LogP contribution in [0.1, 0.15) is 34.5 Å². The maximum absolute atomic E-state index is 12.8. The number of nitrogens with zero attached hydrogens (tertiary/aromatic N) is 1. The monoisotopic (exact) mass is 333 g/mol. The fourth-order valence-electron chi connectivity index (χ4n) is 3.76. The van der Waals surface area contributed by atoms with Gasteiger partial charge in [-0.05, 0) is 49.3 Å². The second kappa shape index (κ2) is 6.75. The smallest absolute Gasteiger partial charge is 0.289 e. The summed E-state index contributed by atoms with van der Waals surface area (Å²) in [5.74, 6) is 1.14. The Morgan fingerprint density at radius 1 is 1.08 bits per heavy atom. The zero-order valence-corrected chi connectivity index (χ0v) is 14.6. The molecule has 1 amide bonds. The number of amides is 1. The van der Waals surface area contributed by atoms with Crippen molar-refractivity contribution >= 4 is 16.9 Å². The highest BCUT2D eigenvalue weighted by atomic mass is 16.3. The molecule has 0 radical (unpaired) electrons. The van der Waals surface area contributed by atoms with Crippen molar-refractivity contribution in [3.05, 3.63) is 71.5 Å². The van der Waals surface area contributed by atoms with Crippen molar-refractivity contribution < 1.29 is 9.21 Å². The first-order valence-electron chi connectivity index (χ1n) is 9.03. The van der Waals surface area contributed by atoms with E-state index in [1.807, 2.05) is 36.1 Å². The average molecular weight is 333 g/mol. The fourth-order valence-corrected chi connectivity index (χ4v) is 3.76. The summed E-state index contributed by atoms with van der Waals surface area (Å²) in [6.07, 6.45) is 3.21. The number of aryl methyl sites for hydroxylation is 1. The van der Waals surface area contributed by atoms with Crippen LogP contribution in [-0.4, -0.2) is 23.9 Å². The molecule has 25 heavy (non-hydrogen) atoms. The van der Waals surface area contributed by atoms with E-state index < -0.39 is 0 Å². The van der Waals surface area contributed by atoms with Gasteiger partial charge in [0.2, 0.25) is 0 Å². The summed E-state index contributed by atoms with van der Waals surface area (Å²) in [7, 11) is 0. The minimum Gasteiger partial charge on any atom is -0.451 e. The Morgan fingerprint density at radius 3 is 2.56 bits per heavy atom. The van der Waals surface area contributed by atoms with Crippen molar-refractivity contribution in [2.75, 3.05) is 13.1 Å². The topological polar surface area (TPSA) is 33.5 Å². The van der Waals surface area contributed by atoms with E-state index in [0.29, 0.717) is 11.7 Å². The molecule has 1 aliphatic rings. The van der Waals surface area contributed by atoms with Crippen LogP contribution in [0.15, 0.2) is 59.0 Å². The standard InChI is InChI=1S/C22H23NO2/c1-16-6-5-9-19-15-20(25-21(16)19)22(24)23-12-10-18(11-13-23)14-17-7-3-2-4-8-17/h2-9,15,18H,10-14H2,1H3. The molecule has 3 aromatic rings. The highest BCUT2D eigenvalue weighted by molar-refractivity contribution is 5.96. The largest absolute Gasteiger partial charge is 0.451 e. The SMILES string of the molecule is Cc1cccc2cc(C(=O)N3CCC(Cc4ccccc4)CC3)oc12. The van der Waals surface area contributed by atoms with E-state index >= 15 is 0 Å². The van der Waals surface area contributed by atoms with Gasteiger partial charge in [-0.3, -0.25) is 4.79 Å². The number of rotatable bonds is 3. The number of benzene rings is 2. The van der Waals surface area contributed by atoms with Crippen LogP contribution in [0.25, 0.3) is 11.0 Å². The Bertz CT molecular complexity index is 873. The molecule has 2 heterocycles. The number of hydrogen-bond donors (Lipinski definition) is 0. The molecular formula is C22H23NO2. The van der Waals surface area contributed by atoms with E-state index in [2.05, 4.69) is 30.3 Å². The van der Waals surface area contributed by atoms with Gasteiger partial charge in [-0.25, -0.2) is 0 Å². The Balaban J connectivity index is 1.41. The minimum atomic E-state index is 0.0220. The zero-order chi connectivity index (χ0) is 17.2. The first-order chi connectivity index (χ1) is 12.2. The number of carbonyl (C=O) groups is 1. The van der Waals surface area contributed by atoms with E-state index in [1.54, 1.807) is 0 Å². The van der Waals surface area contributed by atoms with Crippen LogP contribution in [0.3, 0.4) is 0 Å². The first kappa shape index (κ1) is 15.9. The van der Waals surface area contributed by atoms with Crippen LogP contribution < -0.4 is 0 Å². The predicted octanol–water partition coefficient (Wildman–Crippen LogP) is 4.84. The Labute approximate surface area is 148 Å². The molecule has 1 fully saturated rings. The molecule has 1 aliphatic heterocycles. The number of para-hydroxylation sites is 1. The van der Waals surface area contributed by atoms with Crippen LogP contribution in [0.4, 0.5) is 0 Å². The van der Waals surface area contributed by atoms with Gasteiger partial charge in [-0.2, -0.15) is 0 Å². The van der Waals surface area contributed by atoms with E-state index in [-0.39, 0.29) is 5.91 Å². The van der Waals surface area contributed by atoms with Crippen molar-refractivity contribution in [1.82, 2.24) is 4.90 Å². The Hall–Kier alpha value is -2.55. The van der Waals surface area contributed by atoms with Crippen LogP contribution >= 0.6 is 0 Å². The van der Waals surface area contributed by atoms with E-state index in [0.717, 1.165) is 48.9 Å². The molecule has 128 valence electrons. The molecular weight excluding hydrogens is 310 g/mol. The summed E-state index contributed by atoms with van der Waals surface area (Å²) in [4.78, 5) is 14.7. The van der Waals surface area contributed by atoms with Gasteiger partial charge in [-0.15, -0.1) is 0 Å². The van der Waals surface area contributed by atoms with Gasteiger partial charge in [0.1, 0.15) is 5.58 Å². The van der Waals surface area contributed by atoms with Crippen molar-refractivity contribution in [2.24, 2.45) is 5.92 Å². The maximum Gasteiger partial charge on any atom is 0.289 e. The van der Waals surface area contributed by atoms with Gasteiger partial charge in [0, 0.05) is 18.5 Å². The van der Waals surface area contributed by atoms with Crippen LogP contribution in [0.2, 0.25) is 0 Å². The normalized spacial score (nSPS) is 15.6. The number of carbonyl (C=O) groups excluding carboxylic acids is 1. The molecule has 0 saturated carbocycles. The Kier molecular flexibility index (Phi) is 4.31. The van der Waals surface area contributed by atoms with E-state index in [4.69, 9.17) is 4.42 Å². The molecule has 1 aromatic heterocycles. The third-order valence-corrected chi connectivity index (χ3v) is 5.22. The number of hydrogen-bond acceptors (Lipinski definition) is 2.